The van der Waals surface area contributed by atoms with E-state index >= 15 is 0 Å². The maximum Gasteiger partial charge on any atom is 0.252 e. The number of rotatable bonds is 6. The number of carbonyl (C=O) groups excluding carboxylic acids is 1. The van der Waals surface area contributed by atoms with Crippen molar-refractivity contribution >= 4 is 38.5 Å². The molecule has 2 heterocycles. The molecule has 0 unspecified atom stereocenters. The molecule has 3 aromatic rings. The first-order valence-corrected chi connectivity index (χ1v) is 11.8. The summed E-state index contributed by atoms with van der Waals surface area (Å²) in [7, 11) is 0. The van der Waals surface area contributed by atoms with Gasteiger partial charge in [0.25, 0.3) is 5.91 Å². The van der Waals surface area contributed by atoms with Gasteiger partial charge in [0, 0.05) is 42.1 Å². The number of aryl methyl sites for hydroxylation is 1. The van der Waals surface area contributed by atoms with Crippen LogP contribution in [0, 0.1) is 12.8 Å². The van der Waals surface area contributed by atoms with Gasteiger partial charge in [0.05, 0.1) is 5.56 Å². The lowest BCUT2D eigenvalue weighted by Gasteiger charge is -2.31. The summed E-state index contributed by atoms with van der Waals surface area (Å²) in [5.41, 5.74) is 3.19. The van der Waals surface area contributed by atoms with Crippen LogP contribution in [0.3, 0.4) is 0 Å². The molecule has 156 valence electrons. The molecule has 0 atom stereocenters. The molecular formula is C23H25BrN4OS. The fourth-order valence-electron chi connectivity index (χ4n) is 3.64. The fourth-order valence-corrected chi connectivity index (χ4v) is 4.84. The second kappa shape index (κ2) is 9.71. The van der Waals surface area contributed by atoms with Crippen molar-refractivity contribution in [1.82, 2.24) is 14.7 Å². The Balaban J connectivity index is 1.25. The van der Waals surface area contributed by atoms with Crippen molar-refractivity contribution in [2.24, 2.45) is 5.92 Å². The highest BCUT2D eigenvalue weighted by atomic mass is 79.9. The normalized spacial score (nSPS) is 14.7. The molecule has 1 aromatic heterocycles. The summed E-state index contributed by atoms with van der Waals surface area (Å²) in [4.78, 5) is 19.5. The molecule has 2 aromatic carbocycles. The van der Waals surface area contributed by atoms with Gasteiger partial charge >= 0.3 is 0 Å². The minimum Gasteiger partial charge on any atom is -0.352 e. The quantitative estimate of drug-likeness (QED) is 0.543. The lowest BCUT2D eigenvalue weighted by atomic mass is 9.97. The van der Waals surface area contributed by atoms with E-state index in [0.717, 1.165) is 47.8 Å². The summed E-state index contributed by atoms with van der Waals surface area (Å²) in [6.45, 7) is 4.71. The van der Waals surface area contributed by atoms with Crippen molar-refractivity contribution in [1.29, 1.82) is 0 Å². The van der Waals surface area contributed by atoms with Gasteiger partial charge in [0.2, 0.25) is 5.13 Å². The number of hydrogen-bond acceptors (Lipinski definition) is 5. The molecule has 1 aliphatic heterocycles. The van der Waals surface area contributed by atoms with Gasteiger partial charge in [0.15, 0.2) is 0 Å². The van der Waals surface area contributed by atoms with E-state index in [1.807, 2.05) is 24.3 Å². The molecule has 0 aliphatic carbocycles. The molecule has 1 saturated heterocycles. The topological polar surface area (TPSA) is 58.1 Å². The summed E-state index contributed by atoms with van der Waals surface area (Å²) >= 11 is 4.93. The van der Waals surface area contributed by atoms with Crippen LogP contribution in [0.2, 0.25) is 0 Å². The molecule has 30 heavy (non-hydrogen) atoms. The smallest absolute Gasteiger partial charge is 0.252 e. The molecule has 0 radical (unpaired) electrons. The first-order chi connectivity index (χ1) is 14.6. The molecular weight excluding hydrogens is 460 g/mol. The van der Waals surface area contributed by atoms with E-state index in [-0.39, 0.29) is 5.91 Å². The van der Waals surface area contributed by atoms with Crippen molar-refractivity contribution in [3.63, 3.8) is 0 Å². The summed E-state index contributed by atoms with van der Waals surface area (Å²) in [6.07, 6.45) is 2.86. The molecule has 0 saturated carbocycles. The lowest BCUT2D eigenvalue weighted by Crippen LogP contribution is -2.38. The van der Waals surface area contributed by atoms with E-state index in [9.17, 15) is 4.79 Å². The minimum atomic E-state index is -0.0187. The number of benzene rings is 2. The lowest BCUT2D eigenvalue weighted by molar-refractivity contribution is 0.0944. The van der Waals surface area contributed by atoms with Crippen molar-refractivity contribution < 1.29 is 4.79 Å². The average molecular weight is 485 g/mol. The third kappa shape index (κ3) is 5.26. The van der Waals surface area contributed by atoms with E-state index in [4.69, 9.17) is 4.98 Å². The summed E-state index contributed by atoms with van der Waals surface area (Å²) in [5.74, 6) is 1.36. The van der Waals surface area contributed by atoms with Gasteiger partial charge in [-0.1, -0.05) is 42.0 Å². The summed E-state index contributed by atoms with van der Waals surface area (Å²) < 4.78 is 5.39. The van der Waals surface area contributed by atoms with E-state index in [2.05, 4.69) is 61.7 Å². The van der Waals surface area contributed by atoms with Gasteiger partial charge < -0.3 is 10.2 Å². The zero-order valence-corrected chi connectivity index (χ0v) is 19.4. The first kappa shape index (κ1) is 21.0. The van der Waals surface area contributed by atoms with E-state index in [1.165, 1.54) is 22.7 Å². The highest BCUT2D eigenvalue weighted by Crippen LogP contribution is 2.25. The van der Waals surface area contributed by atoms with Crippen LogP contribution in [0.4, 0.5) is 5.13 Å². The van der Waals surface area contributed by atoms with Crippen LogP contribution in [0.1, 0.15) is 40.2 Å². The molecule has 0 bridgehead atoms. The molecule has 1 amide bonds. The number of carbonyl (C=O) groups is 1. The van der Waals surface area contributed by atoms with Crippen molar-refractivity contribution in [2.75, 3.05) is 24.5 Å². The average Bonchev–Trinajstić information content (AvgIpc) is 3.23. The van der Waals surface area contributed by atoms with Crippen LogP contribution >= 0.6 is 27.5 Å². The zero-order valence-electron chi connectivity index (χ0n) is 17.0. The van der Waals surface area contributed by atoms with Crippen LogP contribution in [-0.4, -0.2) is 34.9 Å². The number of nitrogens with one attached hydrogen (secondary N) is 1. The SMILES string of the molecule is Cc1ccc(Cc2nsc(N3CCC(CNC(=O)c4ccccc4Br)CC3)n2)cc1. The Morgan fingerprint density at radius 1 is 1.17 bits per heavy atom. The summed E-state index contributed by atoms with van der Waals surface area (Å²) in [6, 6.07) is 16.1. The third-order valence-corrected chi connectivity index (χ3v) is 7.00. The van der Waals surface area contributed by atoms with E-state index < -0.39 is 0 Å². The van der Waals surface area contributed by atoms with Gasteiger partial charge in [-0.05, 0) is 59.3 Å². The van der Waals surface area contributed by atoms with Crippen LogP contribution in [-0.2, 0) is 6.42 Å². The van der Waals surface area contributed by atoms with Gasteiger partial charge in [-0.25, -0.2) is 4.98 Å². The molecule has 5 nitrogen and oxygen atoms in total. The van der Waals surface area contributed by atoms with E-state index in [0.29, 0.717) is 18.0 Å². The largest absolute Gasteiger partial charge is 0.352 e. The Morgan fingerprint density at radius 3 is 2.63 bits per heavy atom. The highest BCUT2D eigenvalue weighted by Gasteiger charge is 2.22. The Kier molecular flexibility index (Phi) is 6.79. The summed E-state index contributed by atoms with van der Waals surface area (Å²) in [5, 5.41) is 4.09. The number of piperidine rings is 1. The standard InChI is InChI=1S/C23H25BrN4OS/c1-16-6-8-17(9-7-16)14-21-26-23(30-27-21)28-12-10-18(11-13-28)15-25-22(29)19-4-2-3-5-20(19)24/h2-9,18H,10-15H2,1H3,(H,25,29). The highest BCUT2D eigenvalue weighted by molar-refractivity contribution is 9.10. The predicted octanol–water partition coefficient (Wildman–Crippen LogP) is 4.85. The van der Waals surface area contributed by atoms with Gasteiger partial charge in [-0.3, -0.25) is 4.79 Å². The Labute approximate surface area is 189 Å². The van der Waals surface area contributed by atoms with Gasteiger partial charge in [-0.15, -0.1) is 0 Å². The Bertz CT molecular complexity index is 996. The fraction of sp³-hybridized carbons (Fsp3) is 0.348. The Hall–Kier alpha value is -2.25. The van der Waals surface area contributed by atoms with Crippen LogP contribution in [0.15, 0.2) is 53.0 Å². The first-order valence-electron chi connectivity index (χ1n) is 10.2. The molecule has 0 spiro atoms. The molecule has 1 fully saturated rings. The number of amides is 1. The minimum absolute atomic E-state index is 0.0187. The number of anilines is 1. The molecule has 1 N–H and O–H groups in total. The number of aromatic nitrogens is 2. The maximum absolute atomic E-state index is 12.4. The number of halogens is 1. The van der Waals surface area contributed by atoms with Crippen molar-refractivity contribution in [3.05, 3.63) is 75.5 Å². The second-order valence-electron chi connectivity index (χ2n) is 7.78. The molecule has 7 heteroatoms. The van der Waals surface area contributed by atoms with Crippen LogP contribution < -0.4 is 10.2 Å². The van der Waals surface area contributed by atoms with Crippen molar-refractivity contribution in [3.8, 4) is 0 Å². The number of nitrogens with zero attached hydrogens (tertiary/aromatic N) is 3. The van der Waals surface area contributed by atoms with Gasteiger partial charge in [0.1, 0.15) is 5.82 Å². The monoisotopic (exact) mass is 484 g/mol. The zero-order chi connectivity index (χ0) is 20.9. The van der Waals surface area contributed by atoms with E-state index in [1.54, 1.807) is 0 Å². The van der Waals surface area contributed by atoms with Gasteiger partial charge in [-0.2, -0.15) is 4.37 Å². The molecule has 1 aliphatic rings. The third-order valence-electron chi connectivity index (χ3n) is 5.50. The second-order valence-corrected chi connectivity index (χ2v) is 9.36. The maximum atomic E-state index is 12.4. The predicted molar refractivity (Wildman–Crippen MR) is 125 cm³/mol. The van der Waals surface area contributed by atoms with Crippen LogP contribution in [0.5, 0.6) is 0 Å². The Morgan fingerprint density at radius 2 is 1.90 bits per heavy atom. The van der Waals surface area contributed by atoms with Crippen molar-refractivity contribution in [2.45, 2.75) is 26.2 Å². The van der Waals surface area contributed by atoms with Crippen LogP contribution in [0.25, 0.3) is 0 Å². The number of hydrogen-bond donors (Lipinski definition) is 1. The molecule has 4 rings (SSSR count).